The number of nitrogens with zero attached hydrogens (tertiary/aromatic N) is 2. The number of aromatic nitrogens is 2. The first-order valence-corrected chi connectivity index (χ1v) is 5.05. The van der Waals surface area contributed by atoms with E-state index >= 15 is 0 Å². The fourth-order valence-electron chi connectivity index (χ4n) is 0.731. The van der Waals surface area contributed by atoms with Crippen molar-refractivity contribution >= 4 is 23.4 Å². The summed E-state index contributed by atoms with van der Waals surface area (Å²) in [6.45, 7) is 0.701. The highest BCUT2D eigenvalue weighted by atomic mass is 32.2. The highest BCUT2D eigenvalue weighted by Crippen LogP contribution is 2.02. The monoisotopic (exact) mass is 201 g/mol. The van der Waals surface area contributed by atoms with Gasteiger partial charge in [0.05, 0.1) is 0 Å². The molecule has 13 heavy (non-hydrogen) atoms. The fraction of sp³-hybridized carbons (Fsp3) is 0.500. The Morgan fingerprint density at radius 3 is 3.00 bits per heavy atom. The quantitative estimate of drug-likeness (QED) is 0.358. The molecule has 72 valence electrons. The molecule has 7 heteroatoms. The van der Waals surface area contributed by atoms with E-state index in [0.29, 0.717) is 6.54 Å². The molecule has 0 aliphatic rings. The predicted molar refractivity (Wildman–Crippen MR) is 51.9 cm³/mol. The topological polar surface area (TPSA) is 101 Å². The molecule has 1 aromatic rings. The van der Waals surface area contributed by atoms with Crippen LogP contribution >= 0.6 is 11.8 Å². The standard InChI is InChI=1S/C6H11N5OS/c1-13-3-2-9-5(7)4-6(8)11-12-10-4/h2-3H2,1H3,(H2,7,9)(H2,8,11). The molecule has 0 atom stereocenters. The maximum Gasteiger partial charge on any atom is 0.199 e. The average Bonchev–Trinajstić information content (AvgIpc) is 2.52. The minimum absolute atomic E-state index is 0.140. The van der Waals surface area contributed by atoms with E-state index in [1.807, 2.05) is 6.26 Å². The molecule has 0 aliphatic carbocycles. The van der Waals surface area contributed by atoms with E-state index in [9.17, 15) is 0 Å². The zero-order valence-corrected chi connectivity index (χ0v) is 8.02. The van der Waals surface area contributed by atoms with Crippen LogP contribution in [0.1, 0.15) is 5.69 Å². The van der Waals surface area contributed by atoms with Crippen LogP contribution in [-0.2, 0) is 0 Å². The number of nitrogens with one attached hydrogen (secondary N) is 2. The molecule has 0 unspecified atom stereocenters. The van der Waals surface area contributed by atoms with Crippen LogP contribution in [-0.4, -0.2) is 34.7 Å². The van der Waals surface area contributed by atoms with Crippen molar-refractivity contribution in [2.45, 2.75) is 0 Å². The largest absolute Gasteiger partial charge is 0.379 e. The van der Waals surface area contributed by atoms with Crippen LogP contribution in [0.2, 0.25) is 0 Å². The molecule has 4 N–H and O–H groups in total. The van der Waals surface area contributed by atoms with Crippen molar-refractivity contribution in [1.82, 2.24) is 15.6 Å². The fourth-order valence-corrected chi connectivity index (χ4v) is 1.04. The zero-order chi connectivity index (χ0) is 9.68. The Morgan fingerprint density at radius 1 is 1.69 bits per heavy atom. The van der Waals surface area contributed by atoms with Gasteiger partial charge in [-0.3, -0.25) is 5.41 Å². The average molecular weight is 201 g/mol. The van der Waals surface area contributed by atoms with Crippen molar-refractivity contribution in [2.24, 2.45) is 0 Å². The van der Waals surface area contributed by atoms with Crippen molar-refractivity contribution in [3.05, 3.63) is 5.69 Å². The summed E-state index contributed by atoms with van der Waals surface area (Å²) in [5.74, 6) is 1.21. The molecule has 0 bridgehead atoms. The second kappa shape index (κ2) is 4.70. The first kappa shape index (κ1) is 9.85. The lowest BCUT2D eigenvalue weighted by Gasteiger charge is -2.02. The summed E-state index contributed by atoms with van der Waals surface area (Å²) in [7, 11) is 0. The highest BCUT2D eigenvalue weighted by Gasteiger charge is 2.10. The van der Waals surface area contributed by atoms with Crippen LogP contribution in [0.3, 0.4) is 0 Å². The Balaban J connectivity index is 2.45. The summed E-state index contributed by atoms with van der Waals surface area (Å²) in [5, 5.41) is 17.2. The van der Waals surface area contributed by atoms with Crippen molar-refractivity contribution in [3.8, 4) is 0 Å². The van der Waals surface area contributed by atoms with E-state index in [1.54, 1.807) is 11.8 Å². The van der Waals surface area contributed by atoms with Crippen LogP contribution in [0.5, 0.6) is 0 Å². The molecule has 0 amide bonds. The molecule has 0 saturated carbocycles. The number of nitrogen functional groups attached to an aromatic ring is 1. The molecule has 0 spiro atoms. The van der Waals surface area contributed by atoms with E-state index in [4.69, 9.17) is 11.1 Å². The van der Waals surface area contributed by atoms with Gasteiger partial charge < -0.3 is 11.1 Å². The molecule has 0 fully saturated rings. The number of amidine groups is 1. The van der Waals surface area contributed by atoms with Gasteiger partial charge in [-0.1, -0.05) is 0 Å². The number of rotatable bonds is 4. The minimum atomic E-state index is 0.140. The van der Waals surface area contributed by atoms with E-state index in [-0.39, 0.29) is 17.3 Å². The van der Waals surface area contributed by atoms with E-state index in [0.717, 1.165) is 5.75 Å². The van der Waals surface area contributed by atoms with Gasteiger partial charge in [-0.2, -0.15) is 11.8 Å². The number of anilines is 1. The van der Waals surface area contributed by atoms with Crippen molar-refractivity contribution < 1.29 is 4.63 Å². The van der Waals surface area contributed by atoms with Crippen LogP contribution in [0.25, 0.3) is 0 Å². The lowest BCUT2D eigenvalue weighted by Crippen LogP contribution is -2.26. The normalized spacial score (nSPS) is 9.92. The SMILES string of the molecule is CSCCNC(=N)c1nonc1N. The molecular weight excluding hydrogens is 190 g/mol. The van der Waals surface area contributed by atoms with Crippen LogP contribution < -0.4 is 11.1 Å². The summed E-state index contributed by atoms with van der Waals surface area (Å²) in [5.41, 5.74) is 5.66. The van der Waals surface area contributed by atoms with Gasteiger partial charge in [0.1, 0.15) is 0 Å². The van der Waals surface area contributed by atoms with Crippen molar-refractivity contribution in [3.63, 3.8) is 0 Å². The van der Waals surface area contributed by atoms with Gasteiger partial charge in [-0.15, -0.1) is 0 Å². The Morgan fingerprint density at radius 2 is 2.46 bits per heavy atom. The second-order valence-corrected chi connectivity index (χ2v) is 3.28. The molecule has 1 aromatic heterocycles. The van der Waals surface area contributed by atoms with Crippen LogP contribution in [0, 0.1) is 5.41 Å². The molecule has 1 heterocycles. The van der Waals surface area contributed by atoms with Gasteiger partial charge in [0.15, 0.2) is 17.3 Å². The molecule has 0 radical (unpaired) electrons. The Bertz CT molecular complexity index is 286. The number of hydrogen-bond donors (Lipinski definition) is 3. The minimum Gasteiger partial charge on any atom is -0.379 e. The summed E-state index contributed by atoms with van der Waals surface area (Å²) in [4.78, 5) is 0. The first-order chi connectivity index (χ1) is 6.25. The Labute approximate surface area is 79.7 Å². The Hall–Kier alpha value is -1.24. The maximum atomic E-state index is 7.50. The van der Waals surface area contributed by atoms with Crippen molar-refractivity contribution in [2.75, 3.05) is 24.3 Å². The summed E-state index contributed by atoms with van der Waals surface area (Å²) in [6, 6.07) is 0. The van der Waals surface area contributed by atoms with Crippen LogP contribution in [0.15, 0.2) is 4.63 Å². The van der Waals surface area contributed by atoms with Gasteiger partial charge in [-0.05, 0) is 16.6 Å². The number of thioether (sulfide) groups is 1. The molecule has 0 saturated heterocycles. The molecule has 1 rings (SSSR count). The molecule has 6 nitrogen and oxygen atoms in total. The van der Waals surface area contributed by atoms with Gasteiger partial charge in [0, 0.05) is 12.3 Å². The summed E-state index contributed by atoms with van der Waals surface area (Å²) in [6.07, 6.45) is 2.00. The molecule has 0 aliphatic heterocycles. The lowest BCUT2D eigenvalue weighted by atomic mass is 10.4. The maximum absolute atomic E-state index is 7.50. The van der Waals surface area contributed by atoms with Gasteiger partial charge in [0.2, 0.25) is 0 Å². The summed E-state index contributed by atoms with van der Waals surface area (Å²) >= 11 is 1.70. The highest BCUT2D eigenvalue weighted by molar-refractivity contribution is 7.98. The molecule has 0 aromatic carbocycles. The van der Waals surface area contributed by atoms with E-state index in [2.05, 4.69) is 20.3 Å². The lowest BCUT2D eigenvalue weighted by molar-refractivity contribution is 0.308. The third kappa shape index (κ3) is 2.62. The van der Waals surface area contributed by atoms with Gasteiger partial charge >= 0.3 is 0 Å². The van der Waals surface area contributed by atoms with Crippen molar-refractivity contribution in [1.29, 1.82) is 5.41 Å². The van der Waals surface area contributed by atoms with E-state index < -0.39 is 0 Å². The van der Waals surface area contributed by atoms with Crippen LogP contribution in [0.4, 0.5) is 5.82 Å². The predicted octanol–water partition coefficient (Wildman–Crippen LogP) is -0.0702. The second-order valence-electron chi connectivity index (χ2n) is 2.29. The third-order valence-corrected chi connectivity index (χ3v) is 1.97. The third-order valence-electron chi connectivity index (χ3n) is 1.36. The summed E-state index contributed by atoms with van der Waals surface area (Å²) < 4.78 is 4.36. The number of nitrogens with two attached hydrogens (primary N) is 1. The smallest absolute Gasteiger partial charge is 0.199 e. The van der Waals surface area contributed by atoms with E-state index in [1.165, 1.54) is 0 Å². The first-order valence-electron chi connectivity index (χ1n) is 3.65. The Kier molecular flexibility index (Phi) is 3.56. The number of hydrogen-bond acceptors (Lipinski definition) is 6. The molecular formula is C6H11N5OS. The van der Waals surface area contributed by atoms with Gasteiger partial charge in [-0.25, -0.2) is 4.63 Å². The zero-order valence-electron chi connectivity index (χ0n) is 7.20. The van der Waals surface area contributed by atoms with Gasteiger partial charge in [0.25, 0.3) is 0 Å².